The predicted octanol–water partition coefficient (Wildman–Crippen LogP) is 4.13. The molecular formula is C19H8BrF2N3. The van der Waals surface area contributed by atoms with E-state index >= 15 is 0 Å². The van der Waals surface area contributed by atoms with Gasteiger partial charge in [-0.2, -0.15) is 15.8 Å². The van der Waals surface area contributed by atoms with Crippen molar-refractivity contribution in [3.8, 4) is 30.0 Å². The van der Waals surface area contributed by atoms with Crippen molar-refractivity contribution in [1.82, 2.24) is 0 Å². The van der Waals surface area contributed by atoms with Crippen LogP contribution in [0.5, 0.6) is 0 Å². The molecule has 0 saturated carbocycles. The van der Waals surface area contributed by atoms with Crippen molar-refractivity contribution in [1.29, 1.82) is 15.8 Å². The number of nitrogens with zero attached hydrogens (tertiary/aromatic N) is 3. The van der Waals surface area contributed by atoms with Gasteiger partial charge < -0.3 is 0 Å². The van der Waals surface area contributed by atoms with Crippen LogP contribution < -0.4 is 0 Å². The lowest BCUT2D eigenvalue weighted by Crippen LogP contribution is -1.95. The highest BCUT2D eigenvalue weighted by molar-refractivity contribution is 9.10. The van der Waals surface area contributed by atoms with Crippen molar-refractivity contribution in [3.05, 3.63) is 68.2 Å². The molecule has 0 amide bonds. The first-order valence-corrected chi connectivity index (χ1v) is 7.75. The average Bonchev–Trinajstić information content (AvgIpc) is 2.59. The standard InChI is InChI=1S/C19H8BrF2N3/c20-17-8-12(13(3-5-23)7-14(17)4-6-24)1-2-15-9-19(22)16(11-25)10-18(15)21/h7-10H,3-4H2. The molecule has 3 nitrogen and oxygen atoms in total. The van der Waals surface area contributed by atoms with Crippen LogP contribution in [0.25, 0.3) is 0 Å². The molecule has 0 radical (unpaired) electrons. The van der Waals surface area contributed by atoms with Crippen LogP contribution in [0.15, 0.2) is 28.7 Å². The van der Waals surface area contributed by atoms with Crippen molar-refractivity contribution in [3.63, 3.8) is 0 Å². The van der Waals surface area contributed by atoms with Gasteiger partial charge in [0.15, 0.2) is 0 Å². The fourth-order valence-corrected chi connectivity index (χ4v) is 2.58. The van der Waals surface area contributed by atoms with Crippen LogP contribution in [0.4, 0.5) is 8.78 Å². The Morgan fingerprint density at radius 3 is 1.96 bits per heavy atom. The lowest BCUT2D eigenvalue weighted by molar-refractivity contribution is 0.594. The van der Waals surface area contributed by atoms with Crippen molar-refractivity contribution in [2.75, 3.05) is 0 Å². The van der Waals surface area contributed by atoms with Gasteiger partial charge >= 0.3 is 0 Å². The highest BCUT2D eigenvalue weighted by atomic mass is 79.9. The fraction of sp³-hybridized carbons (Fsp3) is 0.105. The van der Waals surface area contributed by atoms with Crippen LogP contribution in [-0.4, -0.2) is 0 Å². The minimum atomic E-state index is -0.851. The molecule has 0 aliphatic rings. The molecular weight excluding hydrogens is 388 g/mol. The van der Waals surface area contributed by atoms with Crippen LogP contribution in [0.2, 0.25) is 0 Å². The zero-order valence-corrected chi connectivity index (χ0v) is 14.3. The number of nitriles is 3. The normalized spacial score (nSPS) is 9.28. The first kappa shape index (κ1) is 18.2. The summed E-state index contributed by atoms with van der Waals surface area (Å²) in [5, 5.41) is 26.5. The quantitative estimate of drug-likeness (QED) is 0.717. The highest BCUT2D eigenvalue weighted by Gasteiger charge is 2.09. The average molecular weight is 396 g/mol. The van der Waals surface area contributed by atoms with Gasteiger partial charge in [-0.3, -0.25) is 0 Å². The molecule has 2 aromatic rings. The number of hydrogen-bond acceptors (Lipinski definition) is 3. The van der Waals surface area contributed by atoms with Gasteiger partial charge in [-0.05, 0) is 29.3 Å². The van der Waals surface area contributed by atoms with Crippen LogP contribution >= 0.6 is 15.9 Å². The number of hydrogen-bond donors (Lipinski definition) is 0. The molecule has 0 spiro atoms. The summed E-state index contributed by atoms with van der Waals surface area (Å²) in [6.07, 6.45) is 0.238. The van der Waals surface area contributed by atoms with E-state index in [0.717, 1.165) is 12.1 Å². The zero-order chi connectivity index (χ0) is 18.4. The molecule has 0 unspecified atom stereocenters. The molecule has 0 aliphatic carbocycles. The Labute approximate surface area is 151 Å². The molecule has 0 N–H and O–H groups in total. The van der Waals surface area contributed by atoms with Gasteiger partial charge in [0.25, 0.3) is 0 Å². The molecule has 0 fully saturated rings. The van der Waals surface area contributed by atoms with E-state index in [1.165, 1.54) is 0 Å². The Bertz CT molecular complexity index is 1030. The smallest absolute Gasteiger partial charge is 0.142 e. The third-order valence-electron chi connectivity index (χ3n) is 3.32. The maximum Gasteiger partial charge on any atom is 0.142 e. The Balaban J connectivity index is 2.52. The Morgan fingerprint density at radius 1 is 0.760 bits per heavy atom. The van der Waals surface area contributed by atoms with Gasteiger partial charge in [0.05, 0.1) is 36.1 Å². The van der Waals surface area contributed by atoms with Crippen LogP contribution in [-0.2, 0) is 12.8 Å². The van der Waals surface area contributed by atoms with E-state index in [9.17, 15) is 8.78 Å². The van der Waals surface area contributed by atoms with Crippen LogP contribution in [0.1, 0.15) is 27.8 Å². The SMILES string of the molecule is N#CCc1cc(CC#N)c(C#Cc2cc(F)c(C#N)cc2F)cc1Br. The van der Waals surface area contributed by atoms with Crippen molar-refractivity contribution in [2.24, 2.45) is 0 Å². The monoisotopic (exact) mass is 395 g/mol. The topological polar surface area (TPSA) is 71.4 Å². The molecule has 120 valence electrons. The summed E-state index contributed by atoms with van der Waals surface area (Å²) in [6.45, 7) is 0. The van der Waals surface area contributed by atoms with Gasteiger partial charge in [-0.15, -0.1) is 0 Å². The summed E-state index contributed by atoms with van der Waals surface area (Å²) in [4.78, 5) is 0. The summed E-state index contributed by atoms with van der Waals surface area (Å²) in [5.74, 6) is 3.61. The summed E-state index contributed by atoms with van der Waals surface area (Å²) in [5.41, 5.74) is 1.21. The molecule has 0 aromatic heterocycles. The fourth-order valence-electron chi connectivity index (χ4n) is 2.10. The minimum Gasteiger partial charge on any atom is -0.206 e. The predicted molar refractivity (Wildman–Crippen MR) is 89.8 cm³/mol. The zero-order valence-electron chi connectivity index (χ0n) is 12.7. The number of halogens is 3. The Morgan fingerprint density at radius 2 is 1.32 bits per heavy atom. The molecule has 2 rings (SSSR count). The van der Waals surface area contributed by atoms with Gasteiger partial charge in [-0.1, -0.05) is 33.8 Å². The van der Waals surface area contributed by atoms with Crippen molar-refractivity contribution < 1.29 is 8.78 Å². The summed E-state index contributed by atoms with van der Waals surface area (Å²) < 4.78 is 28.2. The summed E-state index contributed by atoms with van der Waals surface area (Å²) in [7, 11) is 0. The lowest BCUT2D eigenvalue weighted by atomic mass is 10.00. The lowest BCUT2D eigenvalue weighted by Gasteiger charge is -2.06. The van der Waals surface area contributed by atoms with E-state index in [2.05, 4.69) is 27.8 Å². The van der Waals surface area contributed by atoms with E-state index in [4.69, 9.17) is 15.8 Å². The van der Waals surface area contributed by atoms with Gasteiger partial charge in [-0.25, -0.2) is 8.78 Å². The molecule has 6 heteroatoms. The molecule has 25 heavy (non-hydrogen) atoms. The maximum absolute atomic E-state index is 13.9. The van der Waals surface area contributed by atoms with Crippen LogP contribution in [0, 0.1) is 57.5 Å². The van der Waals surface area contributed by atoms with Gasteiger partial charge in [0.1, 0.15) is 17.7 Å². The largest absolute Gasteiger partial charge is 0.206 e. The first-order chi connectivity index (χ1) is 12.0. The Hall–Kier alpha value is -3.19. The molecule has 0 heterocycles. The van der Waals surface area contributed by atoms with Crippen molar-refractivity contribution in [2.45, 2.75) is 12.8 Å². The van der Waals surface area contributed by atoms with E-state index in [1.807, 2.05) is 12.1 Å². The minimum absolute atomic E-state index is 0.0694. The van der Waals surface area contributed by atoms with Crippen molar-refractivity contribution >= 4 is 15.9 Å². The summed E-state index contributed by atoms with van der Waals surface area (Å²) >= 11 is 3.33. The molecule has 2 aromatic carbocycles. The van der Waals surface area contributed by atoms with Gasteiger partial charge in [0.2, 0.25) is 0 Å². The summed E-state index contributed by atoms with van der Waals surface area (Å²) in [6, 6.07) is 10.6. The van der Waals surface area contributed by atoms with E-state index in [-0.39, 0.29) is 18.4 Å². The second-order valence-electron chi connectivity index (χ2n) is 4.94. The third kappa shape index (κ3) is 4.21. The van der Waals surface area contributed by atoms with E-state index in [1.54, 1.807) is 18.2 Å². The van der Waals surface area contributed by atoms with Crippen LogP contribution in [0.3, 0.4) is 0 Å². The molecule has 0 saturated heterocycles. The first-order valence-electron chi connectivity index (χ1n) is 6.96. The van der Waals surface area contributed by atoms with E-state index < -0.39 is 17.2 Å². The van der Waals surface area contributed by atoms with Gasteiger partial charge in [0, 0.05) is 10.0 Å². The maximum atomic E-state index is 13.9. The van der Waals surface area contributed by atoms with E-state index in [0.29, 0.717) is 21.2 Å². The number of rotatable bonds is 2. The third-order valence-corrected chi connectivity index (χ3v) is 4.06. The Kier molecular flexibility index (Phi) is 5.86. The molecule has 0 atom stereocenters. The molecule has 0 aliphatic heterocycles. The number of benzene rings is 2. The molecule has 0 bridgehead atoms. The second-order valence-corrected chi connectivity index (χ2v) is 5.80. The second kappa shape index (κ2) is 8.07. The highest BCUT2D eigenvalue weighted by Crippen LogP contribution is 2.23.